The molecule has 23 heavy (non-hydrogen) atoms. The van der Waals surface area contributed by atoms with E-state index in [4.69, 9.17) is 0 Å². The highest BCUT2D eigenvalue weighted by Gasteiger charge is 2.08. The largest absolute Gasteiger partial charge is 0.294 e. The van der Waals surface area contributed by atoms with Crippen LogP contribution in [0.15, 0.2) is 48.8 Å². The molecular formula is C16H14FN5O. The molecule has 1 aromatic carbocycles. The SMILES string of the molecule is O=C(CCCn1nnc(-c2cccnc2)n1)c1ccc(F)cc1. The Kier molecular flexibility index (Phi) is 4.46. The summed E-state index contributed by atoms with van der Waals surface area (Å²) in [4.78, 5) is 17.4. The number of aromatic nitrogens is 5. The van der Waals surface area contributed by atoms with Crippen LogP contribution in [-0.4, -0.2) is 31.0 Å². The summed E-state index contributed by atoms with van der Waals surface area (Å²) in [7, 11) is 0. The van der Waals surface area contributed by atoms with Crippen molar-refractivity contribution in [2.75, 3.05) is 0 Å². The minimum Gasteiger partial charge on any atom is -0.294 e. The number of ketones is 1. The van der Waals surface area contributed by atoms with Crippen molar-refractivity contribution in [3.8, 4) is 11.4 Å². The molecule has 0 N–H and O–H groups in total. The van der Waals surface area contributed by atoms with Crippen LogP contribution in [0.3, 0.4) is 0 Å². The van der Waals surface area contributed by atoms with Gasteiger partial charge in [-0.3, -0.25) is 9.78 Å². The van der Waals surface area contributed by atoms with E-state index in [0.717, 1.165) is 5.56 Å². The van der Waals surface area contributed by atoms with E-state index in [9.17, 15) is 9.18 Å². The Hall–Kier alpha value is -2.96. The van der Waals surface area contributed by atoms with Crippen molar-refractivity contribution in [2.24, 2.45) is 0 Å². The van der Waals surface area contributed by atoms with E-state index >= 15 is 0 Å². The molecule has 0 radical (unpaired) electrons. The van der Waals surface area contributed by atoms with Gasteiger partial charge >= 0.3 is 0 Å². The standard InChI is InChI=1S/C16H14FN5O/c17-14-7-5-12(6-8-14)15(23)4-2-10-22-20-16(19-21-22)13-3-1-9-18-11-13/h1,3,5-9,11H,2,4,10H2. The third-order valence-corrected chi connectivity index (χ3v) is 3.30. The zero-order valence-electron chi connectivity index (χ0n) is 12.3. The van der Waals surface area contributed by atoms with E-state index in [0.29, 0.717) is 30.8 Å². The summed E-state index contributed by atoms with van der Waals surface area (Å²) in [6.45, 7) is 0.486. The van der Waals surface area contributed by atoms with Gasteiger partial charge in [0.1, 0.15) is 5.82 Å². The van der Waals surface area contributed by atoms with Crippen molar-refractivity contribution in [2.45, 2.75) is 19.4 Å². The lowest BCUT2D eigenvalue weighted by Crippen LogP contribution is -2.06. The third kappa shape index (κ3) is 3.82. The third-order valence-electron chi connectivity index (χ3n) is 3.30. The van der Waals surface area contributed by atoms with Gasteiger partial charge < -0.3 is 0 Å². The first-order valence-corrected chi connectivity index (χ1v) is 7.19. The summed E-state index contributed by atoms with van der Waals surface area (Å²) in [5.74, 6) is 0.122. The maximum Gasteiger partial charge on any atom is 0.206 e. The molecule has 0 aliphatic carbocycles. The van der Waals surface area contributed by atoms with Gasteiger partial charge in [0, 0.05) is 29.9 Å². The smallest absolute Gasteiger partial charge is 0.206 e. The zero-order chi connectivity index (χ0) is 16.1. The predicted molar refractivity (Wildman–Crippen MR) is 81.0 cm³/mol. The quantitative estimate of drug-likeness (QED) is 0.654. The highest BCUT2D eigenvalue weighted by atomic mass is 19.1. The van der Waals surface area contributed by atoms with Crippen LogP contribution in [0.2, 0.25) is 0 Å². The summed E-state index contributed by atoms with van der Waals surface area (Å²) in [5.41, 5.74) is 1.30. The molecule has 0 fully saturated rings. The fourth-order valence-electron chi connectivity index (χ4n) is 2.11. The van der Waals surface area contributed by atoms with Crippen molar-refractivity contribution >= 4 is 5.78 Å². The number of benzene rings is 1. The molecule has 0 unspecified atom stereocenters. The molecule has 2 aromatic heterocycles. The van der Waals surface area contributed by atoms with Crippen LogP contribution in [-0.2, 0) is 6.54 Å². The Balaban J connectivity index is 1.54. The molecule has 6 nitrogen and oxygen atoms in total. The average Bonchev–Trinajstić information content (AvgIpc) is 3.05. The molecular weight excluding hydrogens is 297 g/mol. The highest BCUT2D eigenvalue weighted by molar-refractivity contribution is 5.95. The molecule has 0 saturated carbocycles. The number of carbonyl (C=O) groups is 1. The van der Waals surface area contributed by atoms with E-state index in [2.05, 4.69) is 20.4 Å². The Morgan fingerprint density at radius 1 is 1.17 bits per heavy atom. The van der Waals surface area contributed by atoms with Crippen molar-refractivity contribution in [3.63, 3.8) is 0 Å². The molecule has 0 aliphatic rings. The average molecular weight is 311 g/mol. The van der Waals surface area contributed by atoms with Crippen LogP contribution in [0.4, 0.5) is 4.39 Å². The van der Waals surface area contributed by atoms with Crippen molar-refractivity contribution in [1.82, 2.24) is 25.2 Å². The number of hydrogen-bond donors (Lipinski definition) is 0. The van der Waals surface area contributed by atoms with Crippen LogP contribution >= 0.6 is 0 Å². The molecule has 0 aliphatic heterocycles. The lowest BCUT2D eigenvalue weighted by atomic mass is 10.1. The van der Waals surface area contributed by atoms with Gasteiger partial charge in [-0.2, -0.15) is 4.80 Å². The number of rotatable bonds is 6. The fourth-order valence-corrected chi connectivity index (χ4v) is 2.11. The number of pyridine rings is 1. The minimum atomic E-state index is -0.351. The van der Waals surface area contributed by atoms with Gasteiger partial charge in [-0.15, -0.1) is 10.2 Å². The summed E-state index contributed by atoms with van der Waals surface area (Å²) in [5, 5.41) is 12.2. The zero-order valence-corrected chi connectivity index (χ0v) is 12.3. The summed E-state index contributed by atoms with van der Waals surface area (Å²) in [6, 6.07) is 9.21. The van der Waals surface area contributed by atoms with Crippen molar-refractivity contribution < 1.29 is 9.18 Å². The molecule has 7 heteroatoms. The van der Waals surface area contributed by atoms with Gasteiger partial charge in [-0.25, -0.2) is 4.39 Å². The summed E-state index contributed by atoms with van der Waals surface area (Å²) >= 11 is 0. The minimum absolute atomic E-state index is 0.0300. The van der Waals surface area contributed by atoms with E-state index in [1.54, 1.807) is 18.5 Å². The highest BCUT2D eigenvalue weighted by Crippen LogP contribution is 2.11. The molecule has 0 atom stereocenters. The summed E-state index contributed by atoms with van der Waals surface area (Å²) < 4.78 is 12.8. The van der Waals surface area contributed by atoms with Gasteiger partial charge in [0.05, 0.1) is 6.54 Å². The number of hydrogen-bond acceptors (Lipinski definition) is 5. The fraction of sp³-hybridized carbons (Fsp3) is 0.188. The Bertz CT molecular complexity index is 786. The number of nitrogens with zero attached hydrogens (tertiary/aromatic N) is 5. The second kappa shape index (κ2) is 6.87. The number of halogens is 1. The number of tetrazole rings is 1. The van der Waals surface area contributed by atoms with Crippen LogP contribution in [0, 0.1) is 5.82 Å². The molecule has 0 bridgehead atoms. The van der Waals surface area contributed by atoms with Crippen LogP contribution < -0.4 is 0 Å². The van der Waals surface area contributed by atoms with E-state index < -0.39 is 0 Å². The van der Waals surface area contributed by atoms with Gasteiger partial charge in [-0.05, 0) is 48.0 Å². The van der Waals surface area contributed by atoms with Gasteiger partial charge in [-0.1, -0.05) is 0 Å². The molecule has 3 aromatic rings. The number of Topliss-reactive ketones (excluding diaryl/α,β-unsaturated/α-hetero) is 1. The molecule has 3 rings (SSSR count). The molecule has 2 heterocycles. The molecule has 116 valence electrons. The van der Waals surface area contributed by atoms with E-state index in [-0.39, 0.29) is 11.6 Å². The molecule has 0 spiro atoms. The monoisotopic (exact) mass is 311 g/mol. The van der Waals surface area contributed by atoms with Gasteiger partial charge in [0.2, 0.25) is 5.82 Å². The first-order chi connectivity index (χ1) is 11.2. The first kappa shape index (κ1) is 15.0. The first-order valence-electron chi connectivity index (χ1n) is 7.19. The Morgan fingerprint density at radius 3 is 2.74 bits per heavy atom. The van der Waals surface area contributed by atoms with Gasteiger partial charge in [0.15, 0.2) is 5.78 Å². The molecule has 0 amide bonds. The molecule has 0 saturated heterocycles. The Labute approximate surface area is 132 Å². The van der Waals surface area contributed by atoms with Crippen LogP contribution in [0.1, 0.15) is 23.2 Å². The number of aryl methyl sites for hydroxylation is 1. The van der Waals surface area contributed by atoms with Crippen LogP contribution in [0.5, 0.6) is 0 Å². The second-order valence-electron chi connectivity index (χ2n) is 4.98. The normalized spacial score (nSPS) is 10.7. The van der Waals surface area contributed by atoms with Crippen LogP contribution in [0.25, 0.3) is 11.4 Å². The second-order valence-corrected chi connectivity index (χ2v) is 4.98. The van der Waals surface area contributed by atoms with E-state index in [1.165, 1.54) is 29.1 Å². The maximum atomic E-state index is 12.8. The van der Waals surface area contributed by atoms with Crippen molar-refractivity contribution in [3.05, 3.63) is 60.2 Å². The maximum absolute atomic E-state index is 12.8. The predicted octanol–water partition coefficient (Wildman–Crippen LogP) is 2.54. The number of carbonyl (C=O) groups excluding carboxylic acids is 1. The lowest BCUT2D eigenvalue weighted by Gasteiger charge is -2.01. The van der Waals surface area contributed by atoms with Crippen molar-refractivity contribution in [1.29, 1.82) is 0 Å². The van der Waals surface area contributed by atoms with E-state index in [1.807, 2.05) is 6.07 Å². The summed E-state index contributed by atoms with van der Waals surface area (Å²) in [6.07, 6.45) is 4.27. The van der Waals surface area contributed by atoms with Gasteiger partial charge in [0.25, 0.3) is 0 Å². The topological polar surface area (TPSA) is 73.6 Å². The Morgan fingerprint density at radius 2 is 2.00 bits per heavy atom. The lowest BCUT2D eigenvalue weighted by molar-refractivity contribution is 0.0977.